The fourth-order valence-electron chi connectivity index (χ4n) is 2.73. The first-order valence-corrected chi connectivity index (χ1v) is 8.75. The molecule has 8 nitrogen and oxygen atoms in total. The van der Waals surface area contributed by atoms with Crippen molar-refractivity contribution in [2.75, 3.05) is 10.6 Å². The second-order valence-corrected chi connectivity index (χ2v) is 6.39. The van der Waals surface area contributed by atoms with E-state index in [1.807, 2.05) is 35.0 Å². The van der Waals surface area contributed by atoms with Gasteiger partial charge in [0.1, 0.15) is 0 Å². The smallest absolute Gasteiger partial charge is 0.231 e. The molecular weight excluding hydrogens is 340 g/mol. The molecule has 0 saturated heterocycles. The third kappa shape index (κ3) is 3.69. The van der Waals surface area contributed by atoms with E-state index in [0.29, 0.717) is 18.3 Å². The van der Waals surface area contributed by atoms with Gasteiger partial charge in [0.25, 0.3) is 0 Å². The minimum absolute atomic E-state index is 0.241. The Morgan fingerprint density at radius 1 is 1.04 bits per heavy atom. The highest BCUT2D eigenvalue weighted by Gasteiger charge is 2.15. The zero-order valence-electron chi connectivity index (χ0n) is 15.2. The number of hydrogen-bond donors (Lipinski definition) is 2. The first-order valence-electron chi connectivity index (χ1n) is 8.75. The molecule has 4 rings (SSSR count). The van der Waals surface area contributed by atoms with Crippen LogP contribution in [0.4, 0.5) is 17.5 Å². The average molecular weight is 360 g/mol. The molecular formula is C19H20N8. The second-order valence-electron chi connectivity index (χ2n) is 6.39. The van der Waals surface area contributed by atoms with Crippen molar-refractivity contribution in [2.24, 2.45) is 0 Å². The Kier molecular flexibility index (Phi) is 4.61. The average Bonchev–Trinajstić information content (AvgIpc) is 3.12. The Morgan fingerprint density at radius 2 is 1.89 bits per heavy atom. The predicted octanol–water partition coefficient (Wildman–Crippen LogP) is 3.55. The number of rotatable bonds is 6. The number of fused-ring (bicyclic) bond motifs is 1. The SMILES string of the molecule is CC(C)n1cnc2c(NCc3cccnc3)nc(Nc3ccncc3)nc21. The monoisotopic (exact) mass is 360 g/mol. The van der Waals surface area contributed by atoms with E-state index in [1.165, 1.54) is 0 Å². The van der Waals surface area contributed by atoms with E-state index in [-0.39, 0.29) is 6.04 Å². The van der Waals surface area contributed by atoms with Crippen LogP contribution in [0.15, 0.2) is 55.4 Å². The molecule has 136 valence electrons. The Bertz CT molecular complexity index is 1030. The van der Waals surface area contributed by atoms with E-state index in [2.05, 4.69) is 49.4 Å². The van der Waals surface area contributed by atoms with Crippen molar-refractivity contribution in [3.05, 3.63) is 60.9 Å². The number of imidazole rings is 1. The number of aromatic nitrogens is 6. The maximum absolute atomic E-state index is 4.67. The normalized spacial score (nSPS) is 11.1. The lowest BCUT2D eigenvalue weighted by Crippen LogP contribution is -2.07. The lowest BCUT2D eigenvalue weighted by atomic mass is 10.3. The molecule has 0 amide bonds. The number of nitrogens with zero attached hydrogens (tertiary/aromatic N) is 6. The third-order valence-corrected chi connectivity index (χ3v) is 4.10. The van der Waals surface area contributed by atoms with Gasteiger partial charge in [-0.25, -0.2) is 4.98 Å². The largest absolute Gasteiger partial charge is 0.364 e. The van der Waals surface area contributed by atoms with Crippen LogP contribution in [-0.2, 0) is 6.54 Å². The number of nitrogens with one attached hydrogen (secondary N) is 2. The van der Waals surface area contributed by atoms with Crippen LogP contribution in [0.3, 0.4) is 0 Å². The lowest BCUT2D eigenvalue weighted by Gasteiger charge is -2.12. The molecule has 0 radical (unpaired) electrons. The summed E-state index contributed by atoms with van der Waals surface area (Å²) in [6.45, 7) is 4.80. The molecule has 0 bridgehead atoms. The topological polar surface area (TPSA) is 93.4 Å². The van der Waals surface area contributed by atoms with Crippen molar-refractivity contribution in [2.45, 2.75) is 26.4 Å². The van der Waals surface area contributed by atoms with Crippen LogP contribution >= 0.6 is 0 Å². The van der Waals surface area contributed by atoms with Crippen LogP contribution in [0.1, 0.15) is 25.5 Å². The van der Waals surface area contributed by atoms with Gasteiger partial charge in [-0.05, 0) is 37.6 Å². The quantitative estimate of drug-likeness (QED) is 0.543. The van der Waals surface area contributed by atoms with Crippen LogP contribution in [0.5, 0.6) is 0 Å². The summed E-state index contributed by atoms with van der Waals surface area (Å²) in [5.74, 6) is 1.18. The Balaban J connectivity index is 1.71. The molecule has 4 heterocycles. The Labute approximate surface area is 156 Å². The standard InChI is InChI=1S/C19H20N8/c1-13(2)27-12-23-16-17(22-11-14-4-3-7-21-10-14)25-19(26-18(16)27)24-15-5-8-20-9-6-15/h3-10,12-13H,11H2,1-2H3,(H2,20,22,24,25,26). The van der Waals surface area contributed by atoms with Crippen molar-refractivity contribution in [3.63, 3.8) is 0 Å². The summed E-state index contributed by atoms with van der Waals surface area (Å²) in [4.78, 5) is 22.0. The van der Waals surface area contributed by atoms with Crippen molar-refractivity contribution in [1.29, 1.82) is 0 Å². The van der Waals surface area contributed by atoms with Crippen LogP contribution in [0.25, 0.3) is 11.2 Å². The lowest BCUT2D eigenvalue weighted by molar-refractivity contribution is 0.613. The highest BCUT2D eigenvalue weighted by Crippen LogP contribution is 2.25. The first kappa shape index (κ1) is 16.9. The Morgan fingerprint density at radius 3 is 2.63 bits per heavy atom. The predicted molar refractivity (Wildman–Crippen MR) is 105 cm³/mol. The van der Waals surface area contributed by atoms with Crippen molar-refractivity contribution in [3.8, 4) is 0 Å². The van der Waals surface area contributed by atoms with Crippen molar-refractivity contribution >= 4 is 28.6 Å². The molecule has 2 N–H and O–H groups in total. The molecule has 0 aliphatic heterocycles. The van der Waals surface area contributed by atoms with E-state index in [1.54, 1.807) is 24.9 Å². The summed E-state index contributed by atoms with van der Waals surface area (Å²) >= 11 is 0. The maximum Gasteiger partial charge on any atom is 0.231 e. The molecule has 0 aliphatic carbocycles. The molecule has 0 aliphatic rings. The minimum atomic E-state index is 0.241. The van der Waals surface area contributed by atoms with Crippen LogP contribution in [-0.4, -0.2) is 29.5 Å². The molecule has 8 heteroatoms. The van der Waals surface area contributed by atoms with Gasteiger partial charge in [-0.15, -0.1) is 0 Å². The fourth-order valence-corrected chi connectivity index (χ4v) is 2.73. The van der Waals surface area contributed by atoms with E-state index in [0.717, 1.165) is 22.4 Å². The molecule has 0 fully saturated rings. The number of anilines is 3. The third-order valence-electron chi connectivity index (χ3n) is 4.10. The van der Waals surface area contributed by atoms with E-state index in [9.17, 15) is 0 Å². The van der Waals surface area contributed by atoms with Crippen molar-refractivity contribution < 1.29 is 0 Å². The van der Waals surface area contributed by atoms with Crippen LogP contribution < -0.4 is 10.6 Å². The molecule has 4 aromatic heterocycles. The van der Waals surface area contributed by atoms with Gasteiger partial charge >= 0.3 is 0 Å². The van der Waals surface area contributed by atoms with Gasteiger partial charge in [0.15, 0.2) is 17.0 Å². The molecule has 0 saturated carbocycles. The van der Waals surface area contributed by atoms with Crippen LogP contribution in [0, 0.1) is 0 Å². The summed E-state index contributed by atoms with van der Waals surface area (Å²) in [7, 11) is 0. The van der Waals surface area contributed by atoms with Gasteiger partial charge in [0.2, 0.25) is 5.95 Å². The summed E-state index contributed by atoms with van der Waals surface area (Å²) in [5.41, 5.74) is 3.47. The molecule has 0 aromatic carbocycles. The van der Waals surface area contributed by atoms with Crippen molar-refractivity contribution in [1.82, 2.24) is 29.5 Å². The van der Waals surface area contributed by atoms with E-state index < -0.39 is 0 Å². The van der Waals surface area contributed by atoms with Crippen LogP contribution in [0.2, 0.25) is 0 Å². The highest BCUT2D eigenvalue weighted by atomic mass is 15.2. The minimum Gasteiger partial charge on any atom is -0.364 e. The molecule has 0 spiro atoms. The summed E-state index contributed by atoms with van der Waals surface area (Å²) in [5, 5.41) is 6.60. The molecule has 4 aromatic rings. The first-order chi connectivity index (χ1) is 13.2. The van der Waals surface area contributed by atoms with Gasteiger partial charge in [0.05, 0.1) is 6.33 Å². The van der Waals surface area contributed by atoms with E-state index >= 15 is 0 Å². The maximum atomic E-state index is 4.67. The summed E-state index contributed by atoms with van der Waals surface area (Å²) in [6, 6.07) is 7.91. The highest BCUT2D eigenvalue weighted by molar-refractivity contribution is 5.84. The second kappa shape index (κ2) is 7.36. The van der Waals surface area contributed by atoms with E-state index in [4.69, 9.17) is 0 Å². The van der Waals surface area contributed by atoms with Gasteiger partial charge in [-0.3, -0.25) is 9.97 Å². The molecule has 0 atom stereocenters. The van der Waals surface area contributed by atoms with Gasteiger partial charge in [0, 0.05) is 43.1 Å². The number of pyridine rings is 2. The summed E-state index contributed by atoms with van der Waals surface area (Å²) in [6.07, 6.45) is 8.83. The van der Waals surface area contributed by atoms with Gasteiger partial charge in [-0.1, -0.05) is 6.07 Å². The molecule has 0 unspecified atom stereocenters. The Hall–Kier alpha value is -3.55. The zero-order chi connectivity index (χ0) is 18.6. The zero-order valence-corrected chi connectivity index (χ0v) is 15.2. The fraction of sp³-hybridized carbons (Fsp3) is 0.211. The van der Waals surface area contributed by atoms with Gasteiger partial charge in [-0.2, -0.15) is 9.97 Å². The molecule has 27 heavy (non-hydrogen) atoms. The van der Waals surface area contributed by atoms with Gasteiger partial charge < -0.3 is 15.2 Å². The summed E-state index contributed by atoms with van der Waals surface area (Å²) < 4.78 is 2.03. The number of hydrogen-bond acceptors (Lipinski definition) is 7.